The Kier molecular flexibility index (Phi) is 4.34. The molecule has 0 atom stereocenters. The highest BCUT2D eigenvalue weighted by molar-refractivity contribution is 5.34. The van der Waals surface area contributed by atoms with Crippen molar-refractivity contribution in [2.75, 3.05) is 0 Å². The molecule has 4 nitrogen and oxygen atoms in total. The lowest BCUT2D eigenvalue weighted by Crippen LogP contribution is -2.25. The predicted octanol–water partition coefficient (Wildman–Crippen LogP) is 4.04. The van der Waals surface area contributed by atoms with E-state index in [4.69, 9.17) is 0 Å². The maximum atomic E-state index is 13.3. The van der Waals surface area contributed by atoms with Gasteiger partial charge >= 0.3 is 0 Å². The van der Waals surface area contributed by atoms with Crippen molar-refractivity contribution >= 4 is 5.69 Å². The Bertz CT molecular complexity index is 732. The second-order valence-electron chi connectivity index (χ2n) is 5.81. The highest BCUT2D eigenvalue weighted by Crippen LogP contribution is 2.30. The first kappa shape index (κ1) is 15.6. The number of nitro groups is 1. The molecule has 0 amide bonds. The molecule has 0 heterocycles. The van der Waals surface area contributed by atoms with Crippen LogP contribution in [0.15, 0.2) is 42.5 Å². The van der Waals surface area contributed by atoms with Crippen molar-refractivity contribution in [3.05, 3.63) is 75.3 Å². The van der Waals surface area contributed by atoms with Gasteiger partial charge < -0.3 is 0 Å². The van der Waals surface area contributed by atoms with Gasteiger partial charge in [0.15, 0.2) is 11.6 Å². The maximum absolute atomic E-state index is 13.3. The number of nitrogens with zero attached hydrogens (tertiary/aromatic N) is 2. The van der Waals surface area contributed by atoms with Gasteiger partial charge in [-0.2, -0.15) is 0 Å². The van der Waals surface area contributed by atoms with Crippen LogP contribution in [0.2, 0.25) is 0 Å². The third-order valence-corrected chi connectivity index (χ3v) is 3.94. The molecule has 1 aliphatic rings. The molecule has 3 rings (SSSR count). The van der Waals surface area contributed by atoms with Gasteiger partial charge in [-0.25, -0.2) is 8.78 Å². The van der Waals surface area contributed by atoms with Gasteiger partial charge in [0.2, 0.25) is 0 Å². The van der Waals surface area contributed by atoms with Crippen LogP contribution in [-0.4, -0.2) is 15.9 Å². The Balaban J connectivity index is 1.75. The summed E-state index contributed by atoms with van der Waals surface area (Å²) in [6.45, 7) is 1.04. The first-order valence-electron chi connectivity index (χ1n) is 7.44. The minimum atomic E-state index is -0.856. The molecule has 0 aliphatic heterocycles. The molecule has 0 saturated heterocycles. The van der Waals surface area contributed by atoms with Crippen LogP contribution >= 0.6 is 0 Å². The van der Waals surface area contributed by atoms with Crippen molar-refractivity contribution in [3.63, 3.8) is 0 Å². The maximum Gasteiger partial charge on any atom is 0.269 e. The molecule has 120 valence electrons. The van der Waals surface area contributed by atoms with Crippen LogP contribution in [-0.2, 0) is 13.1 Å². The molecule has 2 aromatic rings. The molecule has 1 saturated carbocycles. The van der Waals surface area contributed by atoms with Crippen molar-refractivity contribution in [1.82, 2.24) is 4.90 Å². The van der Waals surface area contributed by atoms with Crippen molar-refractivity contribution in [1.29, 1.82) is 0 Å². The number of hydrogen-bond donors (Lipinski definition) is 0. The third-order valence-electron chi connectivity index (χ3n) is 3.94. The van der Waals surface area contributed by atoms with E-state index in [0.717, 1.165) is 24.5 Å². The molecule has 23 heavy (non-hydrogen) atoms. The number of benzene rings is 2. The molecule has 0 bridgehead atoms. The lowest BCUT2D eigenvalue weighted by molar-refractivity contribution is -0.384. The summed E-state index contributed by atoms with van der Waals surface area (Å²) in [6.07, 6.45) is 2.11. The van der Waals surface area contributed by atoms with E-state index in [-0.39, 0.29) is 5.69 Å². The summed E-state index contributed by atoms with van der Waals surface area (Å²) < 4.78 is 26.4. The summed E-state index contributed by atoms with van der Waals surface area (Å²) in [5, 5.41) is 10.9. The van der Waals surface area contributed by atoms with Crippen LogP contribution in [0.4, 0.5) is 14.5 Å². The predicted molar refractivity (Wildman–Crippen MR) is 81.7 cm³/mol. The van der Waals surface area contributed by atoms with Crippen LogP contribution in [0.3, 0.4) is 0 Å². The summed E-state index contributed by atoms with van der Waals surface area (Å²) in [7, 11) is 0. The fourth-order valence-corrected chi connectivity index (χ4v) is 2.63. The Morgan fingerprint density at radius 1 is 1.04 bits per heavy atom. The van der Waals surface area contributed by atoms with Crippen LogP contribution in [0.5, 0.6) is 0 Å². The van der Waals surface area contributed by atoms with E-state index >= 15 is 0 Å². The van der Waals surface area contributed by atoms with Gasteiger partial charge in [0, 0.05) is 31.3 Å². The van der Waals surface area contributed by atoms with Crippen molar-refractivity contribution in [2.45, 2.75) is 32.0 Å². The largest absolute Gasteiger partial charge is 0.292 e. The zero-order chi connectivity index (χ0) is 16.4. The molecule has 2 aromatic carbocycles. The number of rotatable bonds is 6. The fourth-order valence-electron chi connectivity index (χ4n) is 2.63. The van der Waals surface area contributed by atoms with Gasteiger partial charge in [0.25, 0.3) is 5.69 Å². The Hall–Kier alpha value is -2.34. The van der Waals surface area contributed by atoms with Gasteiger partial charge in [-0.3, -0.25) is 15.0 Å². The zero-order valence-electron chi connectivity index (χ0n) is 12.4. The van der Waals surface area contributed by atoms with E-state index < -0.39 is 16.6 Å². The van der Waals surface area contributed by atoms with Gasteiger partial charge in [0.1, 0.15) is 0 Å². The van der Waals surface area contributed by atoms with E-state index in [1.807, 2.05) is 6.07 Å². The number of nitro benzene ring substituents is 1. The van der Waals surface area contributed by atoms with Gasteiger partial charge in [-0.1, -0.05) is 18.2 Å². The molecule has 0 N–H and O–H groups in total. The summed E-state index contributed by atoms with van der Waals surface area (Å²) in [4.78, 5) is 12.6. The first-order valence-corrected chi connectivity index (χ1v) is 7.44. The fraction of sp³-hybridized carbons (Fsp3) is 0.294. The summed E-state index contributed by atoms with van der Waals surface area (Å²) in [5.74, 6) is -1.71. The van der Waals surface area contributed by atoms with E-state index in [1.54, 1.807) is 18.2 Å². The van der Waals surface area contributed by atoms with Crippen LogP contribution < -0.4 is 0 Å². The number of hydrogen-bond acceptors (Lipinski definition) is 3. The van der Waals surface area contributed by atoms with Crippen LogP contribution in [0.25, 0.3) is 0 Å². The Morgan fingerprint density at radius 3 is 2.35 bits per heavy atom. The molecule has 0 spiro atoms. The molecule has 6 heteroatoms. The Labute approximate surface area is 132 Å². The topological polar surface area (TPSA) is 46.4 Å². The highest BCUT2D eigenvalue weighted by atomic mass is 19.2. The molecular formula is C17H16F2N2O2. The second-order valence-corrected chi connectivity index (χ2v) is 5.81. The van der Waals surface area contributed by atoms with Crippen molar-refractivity contribution in [3.8, 4) is 0 Å². The van der Waals surface area contributed by atoms with Crippen molar-refractivity contribution in [2.24, 2.45) is 0 Å². The number of non-ortho nitro benzene ring substituents is 1. The van der Waals surface area contributed by atoms with E-state index in [0.29, 0.717) is 24.7 Å². The molecule has 0 aromatic heterocycles. The molecular weight excluding hydrogens is 302 g/mol. The van der Waals surface area contributed by atoms with Gasteiger partial charge in [-0.05, 0) is 36.1 Å². The minimum Gasteiger partial charge on any atom is -0.292 e. The summed E-state index contributed by atoms with van der Waals surface area (Å²) in [6, 6.07) is 10.8. The normalized spacial score (nSPS) is 14.2. The Morgan fingerprint density at radius 2 is 1.74 bits per heavy atom. The lowest BCUT2D eigenvalue weighted by Gasteiger charge is -2.22. The van der Waals surface area contributed by atoms with Crippen LogP contribution in [0, 0.1) is 21.7 Å². The monoisotopic (exact) mass is 318 g/mol. The van der Waals surface area contributed by atoms with Crippen LogP contribution in [0.1, 0.15) is 24.0 Å². The van der Waals surface area contributed by atoms with Gasteiger partial charge in [-0.15, -0.1) is 0 Å². The lowest BCUT2D eigenvalue weighted by atomic mass is 10.1. The van der Waals surface area contributed by atoms with E-state index in [1.165, 1.54) is 12.1 Å². The molecule has 1 fully saturated rings. The third kappa shape index (κ3) is 3.90. The molecule has 0 unspecified atom stereocenters. The van der Waals surface area contributed by atoms with Crippen molar-refractivity contribution < 1.29 is 13.7 Å². The highest BCUT2D eigenvalue weighted by Gasteiger charge is 2.29. The average Bonchev–Trinajstić information content (AvgIpc) is 3.35. The van der Waals surface area contributed by atoms with E-state index in [2.05, 4.69) is 4.90 Å². The molecule has 0 radical (unpaired) electrons. The quantitative estimate of drug-likeness (QED) is 0.596. The summed E-state index contributed by atoms with van der Waals surface area (Å²) >= 11 is 0. The average molecular weight is 318 g/mol. The second kappa shape index (κ2) is 6.42. The van der Waals surface area contributed by atoms with Gasteiger partial charge in [0.05, 0.1) is 4.92 Å². The van der Waals surface area contributed by atoms with E-state index in [9.17, 15) is 18.9 Å². The zero-order valence-corrected chi connectivity index (χ0v) is 12.4. The SMILES string of the molecule is O=[N+]([O-])c1cccc(CN(Cc2ccc(F)c(F)c2)C2CC2)c1. The number of halogens is 2. The smallest absolute Gasteiger partial charge is 0.269 e. The minimum absolute atomic E-state index is 0.0612. The molecule has 1 aliphatic carbocycles. The standard InChI is InChI=1S/C17H16F2N2O2/c18-16-7-4-13(9-17(16)19)11-20(14-5-6-14)10-12-2-1-3-15(8-12)21(22)23/h1-4,7-9,14H,5-6,10-11H2. The first-order chi connectivity index (χ1) is 11.0. The summed E-state index contributed by atoms with van der Waals surface area (Å²) in [5.41, 5.74) is 1.60.